The second-order valence-corrected chi connectivity index (χ2v) is 3.98. The average molecular weight is 250 g/mol. The topological polar surface area (TPSA) is 63.8 Å². The highest BCUT2D eigenvalue weighted by Crippen LogP contribution is 2.14. The quantitative estimate of drug-likeness (QED) is 0.880. The van der Waals surface area contributed by atoms with Crippen LogP contribution >= 0.6 is 0 Å². The van der Waals surface area contributed by atoms with E-state index in [1.165, 1.54) is 12.3 Å². The fourth-order valence-electron chi connectivity index (χ4n) is 1.67. The zero-order chi connectivity index (χ0) is 13.0. The molecule has 5 nitrogen and oxygen atoms in total. The highest BCUT2D eigenvalue weighted by Gasteiger charge is 2.12. The summed E-state index contributed by atoms with van der Waals surface area (Å²) in [6.07, 6.45) is 2.06. The normalized spacial score (nSPS) is 12.6. The Morgan fingerprint density at radius 3 is 2.83 bits per heavy atom. The van der Waals surface area contributed by atoms with E-state index in [1.807, 2.05) is 6.92 Å². The highest BCUT2D eigenvalue weighted by atomic mass is 19.1. The number of nitrogens with one attached hydrogen (secondary N) is 1. The first-order chi connectivity index (χ1) is 8.69. The number of nitrogens with zero attached hydrogens (tertiary/aromatic N) is 3. The third-order valence-corrected chi connectivity index (χ3v) is 2.58. The summed E-state index contributed by atoms with van der Waals surface area (Å²) in [6, 6.07) is 3.12. The van der Waals surface area contributed by atoms with Crippen LogP contribution in [0.5, 0.6) is 0 Å². The van der Waals surface area contributed by atoms with Gasteiger partial charge in [-0.05, 0) is 25.5 Å². The summed E-state index contributed by atoms with van der Waals surface area (Å²) in [5.74, 6) is 0.814. The molecule has 2 heterocycles. The maximum atomic E-state index is 12.8. The van der Waals surface area contributed by atoms with Gasteiger partial charge in [-0.3, -0.25) is 4.98 Å². The number of aryl methyl sites for hydroxylation is 1. The molecule has 0 bridgehead atoms. The zero-order valence-corrected chi connectivity index (χ0v) is 10.4. The molecule has 0 radical (unpaired) electrons. The average Bonchev–Trinajstić information content (AvgIpc) is 2.78. The Morgan fingerprint density at radius 2 is 2.28 bits per heavy atom. The smallest absolute Gasteiger partial charge is 0.240 e. The van der Waals surface area contributed by atoms with Crippen LogP contribution in [0.2, 0.25) is 0 Å². The van der Waals surface area contributed by atoms with E-state index in [0.29, 0.717) is 18.3 Å². The summed E-state index contributed by atoms with van der Waals surface area (Å²) >= 11 is 0. The first kappa shape index (κ1) is 12.6. The van der Waals surface area contributed by atoms with E-state index in [9.17, 15) is 4.39 Å². The largest absolute Gasteiger partial charge is 0.338 e. The molecule has 6 heteroatoms. The fraction of sp³-hybridized carbons (Fsp3) is 0.417. The van der Waals surface area contributed by atoms with Crippen LogP contribution in [0.4, 0.5) is 4.39 Å². The minimum Gasteiger partial charge on any atom is -0.338 e. The molecule has 18 heavy (non-hydrogen) atoms. The van der Waals surface area contributed by atoms with E-state index in [0.717, 1.165) is 12.1 Å². The number of pyridine rings is 1. The minimum absolute atomic E-state index is 0.0396. The lowest BCUT2D eigenvalue weighted by Gasteiger charge is -2.14. The van der Waals surface area contributed by atoms with E-state index in [-0.39, 0.29) is 11.9 Å². The first-order valence-electron chi connectivity index (χ1n) is 5.83. The van der Waals surface area contributed by atoms with Gasteiger partial charge in [-0.1, -0.05) is 12.1 Å². The lowest BCUT2D eigenvalue weighted by molar-refractivity contribution is 0.352. The second kappa shape index (κ2) is 5.68. The molecule has 1 atom stereocenters. The Balaban J connectivity index is 1.99. The highest BCUT2D eigenvalue weighted by molar-refractivity contribution is 5.09. The number of halogens is 1. The summed E-state index contributed by atoms with van der Waals surface area (Å²) in [6.45, 7) is 4.27. The van der Waals surface area contributed by atoms with Crippen molar-refractivity contribution in [2.45, 2.75) is 32.9 Å². The summed E-state index contributed by atoms with van der Waals surface area (Å²) < 4.78 is 17.8. The number of hydrogen-bond acceptors (Lipinski definition) is 5. The van der Waals surface area contributed by atoms with Crippen molar-refractivity contribution in [1.29, 1.82) is 0 Å². The van der Waals surface area contributed by atoms with E-state index in [1.54, 1.807) is 13.0 Å². The maximum Gasteiger partial charge on any atom is 0.240 e. The van der Waals surface area contributed by atoms with Gasteiger partial charge in [-0.25, -0.2) is 4.39 Å². The molecule has 2 aromatic heterocycles. The summed E-state index contributed by atoms with van der Waals surface area (Å²) in [5, 5.41) is 6.97. The molecule has 0 spiro atoms. The molecule has 1 unspecified atom stereocenters. The van der Waals surface area contributed by atoms with Crippen molar-refractivity contribution in [3.8, 4) is 0 Å². The molecule has 2 aromatic rings. The van der Waals surface area contributed by atoms with Crippen LogP contribution in [0, 0.1) is 12.7 Å². The molecule has 0 aliphatic heterocycles. The van der Waals surface area contributed by atoms with Crippen molar-refractivity contribution in [1.82, 2.24) is 20.4 Å². The fourth-order valence-corrected chi connectivity index (χ4v) is 1.67. The van der Waals surface area contributed by atoms with Crippen LogP contribution in [0.15, 0.2) is 22.9 Å². The SMILES string of the molecule is CCC(NCc1nc(C)no1)c1ccc(F)cn1. The second-order valence-electron chi connectivity index (χ2n) is 3.98. The van der Waals surface area contributed by atoms with Crippen LogP contribution in [0.1, 0.15) is 36.8 Å². The lowest BCUT2D eigenvalue weighted by Crippen LogP contribution is -2.21. The first-order valence-corrected chi connectivity index (χ1v) is 5.83. The van der Waals surface area contributed by atoms with Crippen molar-refractivity contribution in [2.24, 2.45) is 0 Å². The lowest BCUT2D eigenvalue weighted by atomic mass is 10.1. The number of aromatic nitrogens is 3. The van der Waals surface area contributed by atoms with E-state index >= 15 is 0 Å². The summed E-state index contributed by atoms with van der Waals surface area (Å²) in [7, 11) is 0. The predicted octanol–water partition coefficient (Wildman–Crippen LogP) is 2.15. The Labute approximate surface area is 104 Å². The molecule has 0 amide bonds. The van der Waals surface area contributed by atoms with Gasteiger partial charge in [0.1, 0.15) is 5.82 Å². The van der Waals surface area contributed by atoms with Gasteiger partial charge in [0.05, 0.1) is 18.4 Å². The maximum absolute atomic E-state index is 12.8. The molecule has 0 fully saturated rings. The van der Waals surface area contributed by atoms with Gasteiger partial charge in [0.15, 0.2) is 5.82 Å². The van der Waals surface area contributed by atoms with Gasteiger partial charge in [0, 0.05) is 6.04 Å². The van der Waals surface area contributed by atoms with Crippen LogP contribution in [0.3, 0.4) is 0 Å². The van der Waals surface area contributed by atoms with Crippen molar-refractivity contribution in [3.05, 3.63) is 41.6 Å². The van der Waals surface area contributed by atoms with Crippen LogP contribution in [0.25, 0.3) is 0 Å². The molecule has 1 N–H and O–H groups in total. The van der Waals surface area contributed by atoms with Crippen LogP contribution in [-0.4, -0.2) is 15.1 Å². The molecule has 96 valence electrons. The summed E-state index contributed by atoms with van der Waals surface area (Å²) in [5.41, 5.74) is 0.801. The third-order valence-electron chi connectivity index (χ3n) is 2.58. The zero-order valence-electron chi connectivity index (χ0n) is 10.4. The van der Waals surface area contributed by atoms with Crippen molar-refractivity contribution in [3.63, 3.8) is 0 Å². The Morgan fingerprint density at radius 1 is 1.44 bits per heavy atom. The van der Waals surface area contributed by atoms with E-state index < -0.39 is 0 Å². The predicted molar refractivity (Wildman–Crippen MR) is 63.1 cm³/mol. The van der Waals surface area contributed by atoms with Gasteiger partial charge >= 0.3 is 0 Å². The van der Waals surface area contributed by atoms with Gasteiger partial charge in [-0.2, -0.15) is 4.98 Å². The standard InChI is InChI=1S/C12H15FN4O/c1-3-10(11-5-4-9(13)6-14-11)15-7-12-16-8(2)17-18-12/h4-6,10,15H,3,7H2,1-2H3. The monoisotopic (exact) mass is 250 g/mol. The Hall–Kier alpha value is -1.82. The molecular formula is C12H15FN4O. The molecule has 0 saturated heterocycles. The van der Waals surface area contributed by atoms with Gasteiger partial charge in [0.25, 0.3) is 0 Å². The van der Waals surface area contributed by atoms with Crippen LogP contribution in [-0.2, 0) is 6.54 Å². The molecule has 0 aliphatic rings. The molecule has 0 aromatic carbocycles. The molecule has 0 saturated carbocycles. The van der Waals surface area contributed by atoms with Gasteiger partial charge in [0.2, 0.25) is 5.89 Å². The van der Waals surface area contributed by atoms with E-state index in [4.69, 9.17) is 4.52 Å². The molecular weight excluding hydrogens is 235 g/mol. The molecule has 2 rings (SSSR count). The van der Waals surface area contributed by atoms with Gasteiger partial charge < -0.3 is 9.84 Å². The Bertz CT molecular complexity index is 497. The minimum atomic E-state index is -0.332. The van der Waals surface area contributed by atoms with Crippen molar-refractivity contribution >= 4 is 0 Å². The van der Waals surface area contributed by atoms with E-state index in [2.05, 4.69) is 20.4 Å². The summed E-state index contributed by atoms with van der Waals surface area (Å²) in [4.78, 5) is 8.17. The Kier molecular flexibility index (Phi) is 3.99. The third kappa shape index (κ3) is 3.10. The van der Waals surface area contributed by atoms with Crippen LogP contribution < -0.4 is 5.32 Å². The molecule has 0 aliphatic carbocycles. The van der Waals surface area contributed by atoms with Crippen molar-refractivity contribution in [2.75, 3.05) is 0 Å². The number of hydrogen-bond donors (Lipinski definition) is 1. The van der Waals surface area contributed by atoms with Crippen molar-refractivity contribution < 1.29 is 8.91 Å². The number of rotatable bonds is 5. The van der Waals surface area contributed by atoms with Gasteiger partial charge in [-0.15, -0.1) is 0 Å².